The molecule has 0 aliphatic rings. The molecule has 1 nitrogen and oxygen atoms in total. The first-order valence-corrected chi connectivity index (χ1v) is 3.56. The van der Waals surface area contributed by atoms with Crippen LogP contribution in [-0.4, -0.2) is 6.54 Å². The van der Waals surface area contributed by atoms with Crippen molar-refractivity contribution in [3.63, 3.8) is 0 Å². The van der Waals surface area contributed by atoms with Crippen molar-refractivity contribution in [1.29, 1.82) is 1.43 Å². The third-order valence-electron chi connectivity index (χ3n) is 0.975. The Morgan fingerprint density at radius 1 is 1.10 bits per heavy atom. The highest BCUT2D eigenvalue weighted by Crippen LogP contribution is 2.32. The fourth-order valence-corrected chi connectivity index (χ4v) is 1.04. The van der Waals surface area contributed by atoms with E-state index < -0.39 is 0 Å². The number of halogens is 3. The molecule has 0 saturated heterocycles. The Bertz CT molecular complexity index is 277. The molecule has 0 aromatic heterocycles. The van der Waals surface area contributed by atoms with Crippen LogP contribution < -0.4 is 0 Å². The van der Waals surface area contributed by atoms with Gasteiger partial charge in [0.05, 0.1) is 15.1 Å². The fraction of sp³-hybridized carbons (Fsp3) is 0. The minimum absolute atomic E-state index is 0.195. The quantitative estimate of drug-likeness (QED) is 0.686. The van der Waals surface area contributed by atoms with Crippen LogP contribution in [0.25, 0.3) is 0 Å². The molecule has 0 radical (unpaired) electrons. The van der Waals surface area contributed by atoms with E-state index in [-0.39, 0.29) is 10.8 Å². The van der Waals surface area contributed by atoms with Crippen LogP contribution in [0.2, 0.25) is 15.1 Å². The average molecular weight is 198 g/mol. The Hall–Kier alpha value is -0.110. The summed E-state index contributed by atoms with van der Waals surface area (Å²) in [6, 6.07) is 2.81. The molecule has 0 heterocycles. The van der Waals surface area contributed by atoms with Crippen LogP contribution in [0.3, 0.4) is 0 Å². The molecule has 0 amide bonds. The number of phenols is 1. The molecule has 0 fully saturated rings. The Morgan fingerprint density at radius 3 is 2.30 bits per heavy atom. The Kier molecular flexibility index (Phi) is 1.89. The highest BCUT2D eigenvalue weighted by molar-refractivity contribution is 6.43. The van der Waals surface area contributed by atoms with Gasteiger partial charge in [-0.1, -0.05) is 34.8 Å². The van der Waals surface area contributed by atoms with E-state index in [1.165, 1.54) is 12.1 Å². The number of phenolic OH excluding ortho intramolecular Hbond substituents is 1. The second kappa shape index (κ2) is 2.87. The Morgan fingerprint density at radius 2 is 1.70 bits per heavy atom. The monoisotopic (exact) mass is 197 g/mol. The van der Waals surface area contributed by atoms with Gasteiger partial charge in [0, 0.05) is 6.07 Å². The minimum atomic E-state index is 0.195. The summed E-state index contributed by atoms with van der Waals surface area (Å²) in [5.41, 5.74) is 0. The number of aromatic hydroxyl groups is 1. The van der Waals surface area contributed by atoms with Gasteiger partial charge in [-0.3, -0.25) is 0 Å². The van der Waals surface area contributed by atoms with E-state index in [2.05, 4.69) is 5.11 Å². The minimum Gasteiger partial charge on any atom is -0.506 e. The van der Waals surface area contributed by atoms with Crippen molar-refractivity contribution in [3.05, 3.63) is 27.2 Å². The van der Waals surface area contributed by atoms with Crippen LogP contribution in [0.1, 0.15) is 0 Å². The molecule has 0 spiro atoms. The lowest BCUT2D eigenvalue weighted by molar-refractivity contribution is 0.475. The van der Waals surface area contributed by atoms with E-state index >= 15 is 0 Å². The van der Waals surface area contributed by atoms with Gasteiger partial charge in [-0.25, -0.2) is 0 Å². The van der Waals surface area contributed by atoms with E-state index in [9.17, 15) is 0 Å². The molecule has 54 valence electrons. The summed E-state index contributed by atoms with van der Waals surface area (Å²) in [6.07, 6.45) is 0. The van der Waals surface area contributed by atoms with E-state index in [0.29, 0.717) is 10.0 Å². The third kappa shape index (κ3) is 1.48. The summed E-state index contributed by atoms with van der Waals surface area (Å²) >= 11 is 16.8. The van der Waals surface area contributed by atoms with Crippen LogP contribution in [0.5, 0.6) is 5.75 Å². The summed E-state index contributed by atoms with van der Waals surface area (Å²) in [4.78, 5) is 0. The molecule has 1 N–H and O–H groups in total. The first-order chi connectivity index (χ1) is 5.15. The van der Waals surface area contributed by atoms with Gasteiger partial charge in [0.25, 0.3) is 1.43 Å². The first-order valence-electron chi connectivity index (χ1n) is 2.83. The van der Waals surface area contributed by atoms with Crippen LogP contribution in [0.15, 0.2) is 12.1 Å². The predicted molar refractivity (Wildman–Crippen MR) is 43.1 cm³/mol. The van der Waals surface area contributed by atoms with Crippen molar-refractivity contribution < 1.29 is 5.11 Å². The normalized spacial score (nSPS) is 10.9. The molecular weight excluding hydrogens is 194 g/mol. The van der Waals surface area contributed by atoms with Gasteiger partial charge in [-0.15, -0.1) is 0 Å². The summed E-state index contributed by atoms with van der Waals surface area (Å²) in [7, 11) is 0. The summed E-state index contributed by atoms with van der Waals surface area (Å²) in [6.45, 7) is 0. The van der Waals surface area contributed by atoms with Crippen LogP contribution >= 0.6 is 34.8 Å². The highest BCUT2D eigenvalue weighted by Gasteiger charge is 2.02. The second-order valence-corrected chi connectivity index (χ2v) is 2.92. The number of rotatable bonds is 1. The van der Waals surface area contributed by atoms with Crippen molar-refractivity contribution >= 4 is 34.8 Å². The maximum absolute atomic E-state index is 6.57. The predicted octanol–water partition coefficient (Wildman–Crippen LogP) is 3.35. The molecule has 0 saturated carbocycles. The lowest BCUT2D eigenvalue weighted by atomic mass is 10.3. The number of hydrogen-bond donors (Lipinski definition) is 1. The maximum atomic E-state index is 6.57. The van der Waals surface area contributed by atoms with Gasteiger partial charge >= 0.3 is 0 Å². The molecule has 10 heavy (non-hydrogen) atoms. The molecular formula is C6H3Cl3O. The van der Waals surface area contributed by atoms with Crippen molar-refractivity contribution in [3.8, 4) is 5.75 Å². The topological polar surface area (TPSA) is 20.2 Å². The van der Waals surface area contributed by atoms with E-state index in [1.54, 1.807) is 0 Å². The largest absolute Gasteiger partial charge is 0.506 e. The molecule has 0 aliphatic heterocycles. The highest BCUT2D eigenvalue weighted by atomic mass is 35.5. The van der Waals surface area contributed by atoms with Gasteiger partial charge in [0.2, 0.25) is 0 Å². The van der Waals surface area contributed by atoms with E-state index in [0.717, 1.165) is 0 Å². The third-order valence-corrected chi connectivity index (χ3v) is 1.99. The van der Waals surface area contributed by atoms with E-state index in [4.69, 9.17) is 36.2 Å². The standard InChI is InChI=1S/C6H3Cl3O/c7-3-1-5(9)6(10)2-4(3)8/h1-2,10H/i/hD. The fourth-order valence-electron chi connectivity index (χ4n) is 0.504. The maximum Gasteiger partial charge on any atom is 0.293 e. The van der Waals surface area contributed by atoms with Gasteiger partial charge in [-0.05, 0) is 6.07 Å². The Balaban J connectivity index is 3.21. The molecule has 1 aromatic carbocycles. The molecule has 1 aromatic rings. The summed E-state index contributed by atoms with van der Waals surface area (Å²) < 4.78 is 6.57. The number of hydrogen-bond acceptors (Lipinski definition) is 1. The van der Waals surface area contributed by atoms with E-state index in [1.807, 2.05) is 0 Å². The Labute approximate surface area is 74.6 Å². The number of benzene rings is 1. The zero-order chi connectivity index (χ0) is 8.43. The first kappa shape index (κ1) is 6.59. The second-order valence-electron chi connectivity index (χ2n) is 1.70. The molecule has 1 rings (SSSR count). The lowest BCUT2D eigenvalue weighted by Crippen LogP contribution is -1.70. The van der Waals surface area contributed by atoms with Gasteiger partial charge in [0.1, 0.15) is 5.75 Å². The van der Waals surface area contributed by atoms with Crippen molar-refractivity contribution in [2.24, 2.45) is 0 Å². The zero-order valence-electron chi connectivity index (χ0n) is 5.70. The lowest BCUT2D eigenvalue weighted by Gasteiger charge is -1.97. The molecule has 0 unspecified atom stereocenters. The summed E-state index contributed by atoms with van der Waals surface area (Å²) in [5.74, 6) is 0.195. The molecule has 0 bridgehead atoms. The molecule has 0 aliphatic carbocycles. The SMILES string of the molecule is [2H]Oc1cc(Cl)c(Cl)cc1Cl. The molecule has 0 atom stereocenters. The molecule has 4 heteroatoms. The van der Waals surface area contributed by atoms with Gasteiger partial charge < -0.3 is 5.11 Å². The summed E-state index contributed by atoms with van der Waals surface area (Å²) in [5, 5.41) is 5.09. The van der Waals surface area contributed by atoms with Crippen molar-refractivity contribution in [2.75, 3.05) is 0 Å². The van der Waals surface area contributed by atoms with Crippen LogP contribution in [-0.2, 0) is 0 Å². The van der Waals surface area contributed by atoms with Crippen LogP contribution in [0.4, 0.5) is 0 Å². The van der Waals surface area contributed by atoms with Gasteiger partial charge in [0.15, 0.2) is 0 Å². The zero-order valence-corrected chi connectivity index (χ0v) is 6.96. The van der Waals surface area contributed by atoms with Crippen molar-refractivity contribution in [2.45, 2.75) is 0 Å². The smallest absolute Gasteiger partial charge is 0.293 e. The van der Waals surface area contributed by atoms with Crippen molar-refractivity contribution in [1.82, 2.24) is 0 Å². The average Bonchev–Trinajstić information content (AvgIpc) is 1.97. The van der Waals surface area contributed by atoms with Crippen LogP contribution in [0, 0.1) is 0 Å². The van der Waals surface area contributed by atoms with Gasteiger partial charge in [-0.2, -0.15) is 0 Å².